The van der Waals surface area contributed by atoms with Gasteiger partial charge in [-0.3, -0.25) is 4.79 Å². The molecule has 0 saturated carbocycles. The number of methoxy groups -OCH3 is 1. The summed E-state index contributed by atoms with van der Waals surface area (Å²) in [4.78, 5) is 11.2. The van der Waals surface area contributed by atoms with Gasteiger partial charge in [0.05, 0.1) is 13.5 Å². The Kier molecular flexibility index (Phi) is 5.02. The number of rotatable bonds is 4. The van der Waals surface area contributed by atoms with Crippen LogP contribution in [0.1, 0.15) is 24.1 Å². The van der Waals surface area contributed by atoms with Gasteiger partial charge in [-0.05, 0) is 12.5 Å². The lowest BCUT2D eigenvalue weighted by Crippen LogP contribution is -2.25. The lowest BCUT2D eigenvalue weighted by atomic mass is 10.0. The first-order valence-corrected chi connectivity index (χ1v) is 7.20. The summed E-state index contributed by atoms with van der Waals surface area (Å²) in [5.74, 6) is -0.765. The lowest BCUT2D eigenvalue weighted by Gasteiger charge is -2.17. The van der Waals surface area contributed by atoms with Crippen LogP contribution in [0.3, 0.4) is 0 Å². The highest BCUT2D eigenvalue weighted by Crippen LogP contribution is 2.35. The molecule has 0 aliphatic heterocycles. The number of halogens is 3. The van der Waals surface area contributed by atoms with E-state index in [9.17, 15) is 23.2 Å². The summed E-state index contributed by atoms with van der Waals surface area (Å²) in [7, 11) is 1.27. The highest BCUT2D eigenvalue weighted by Gasteiger charge is 2.40. The van der Waals surface area contributed by atoms with Gasteiger partial charge in [0.25, 0.3) is 0 Å². The maximum Gasteiger partial charge on any atom is 0.410 e. The van der Waals surface area contributed by atoms with Crippen molar-refractivity contribution in [1.29, 1.82) is 5.26 Å². The van der Waals surface area contributed by atoms with Crippen molar-refractivity contribution in [3.63, 3.8) is 0 Å². The zero-order valence-corrected chi connectivity index (χ0v) is 13.5. The summed E-state index contributed by atoms with van der Waals surface area (Å²) in [5, 5.41) is 13.1. The molecule has 6 nitrogen and oxygen atoms in total. The van der Waals surface area contributed by atoms with Crippen molar-refractivity contribution in [2.75, 3.05) is 12.8 Å². The van der Waals surface area contributed by atoms with Gasteiger partial charge in [-0.2, -0.15) is 23.5 Å². The summed E-state index contributed by atoms with van der Waals surface area (Å²) in [6, 6.07) is 6.16. The van der Waals surface area contributed by atoms with Crippen LogP contribution in [-0.2, 0) is 16.0 Å². The largest absolute Gasteiger partial charge is 0.469 e. The van der Waals surface area contributed by atoms with E-state index in [-0.39, 0.29) is 23.5 Å². The molecule has 0 saturated heterocycles. The van der Waals surface area contributed by atoms with Gasteiger partial charge in [0, 0.05) is 5.56 Å². The number of nitrogens with zero attached hydrogens (tertiary/aromatic N) is 3. The Labute approximate surface area is 141 Å². The van der Waals surface area contributed by atoms with Gasteiger partial charge in [0.15, 0.2) is 0 Å². The molecule has 9 heteroatoms. The van der Waals surface area contributed by atoms with Crippen molar-refractivity contribution in [2.24, 2.45) is 0 Å². The predicted octanol–water partition coefficient (Wildman–Crippen LogP) is 2.84. The molecule has 0 bridgehead atoms. The smallest absolute Gasteiger partial charge is 0.410 e. The highest BCUT2D eigenvalue weighted by atomic mass is 19.4. The van der Waals surface area contributed by atoms with Crippen LogP contribution >= 0.6 is 0 Å². The van der Waals surface area contributed by atoms with E-state index in [1.165, 1.54) is 7.11 Å². The van der Waals surface area contributed by atoms with Gasteiger partial charge in [0.1, 0.15) is 29.2 Å². The molecular formula is C16H15F3N4O2. The van der Waals surface area contributed by atoms with Crippen LogP contribution in [0.2, 0.25) is 0 Å². The normalized spacial score (nSPS) is 12.5. The van der Waals surface area contributed by atoms with Crippen LogP contribution in [0.4, 0.5) is 19.0 Å². The van der Waals surface area contributed by atoms with Crippen LogP contribution in [-0.4, -0.2) is 29.0 Å². The number of carbonyl (C=O) groups excluding carboxylic acids is 1. The minimum absolute atomic E-state index is 0.0562. The molecule has 2 aromatic rings. The fraction of sp³-hybridized carbons (Fsp3) is 0.312. The van der Waals surface area contributed by atoms with Crippen LogP contribution in [0.5, 0.6) is 0 Å². The van der Waals surface area contributed by atoms with Crippen molar-refractivity contribution in [1.82, 2.24) is 9.78 Å². The second-order valence-corrected chi connectivity index (χ2v) is 5.33. The van der Waals surface area contributed by atoms with E-state index in [1.807, 2.05) is 0 Å². The van der Waals surface area contributed by atoms with Crippen molar-refractivity contribution in [2.45, 2.75) is 25.6 Å². The molecule has 1 unspecified atom stereocenters. The maximum atomic E-state index is 12.9. The topological polar surface area (TPSA) is 93.9 Å². The zero-order chi connectivity index (χ0) is 18.8. The highest BCUT2D eigenvalue weighted by molar-refractivity contribution is 5.75. The number of nitriles is 1. The Morgan fingerprint density at radius 1 is 1.40 bits per heavy atom. The molecule has 0 aliphatic carbocycles. The number of nitrogens with two attached hydrogens (primary N) is 1. The van der Waals surface area contributed by atoms with Crippen molar-refractivity contribution in [3.8, 4) is 17.3 Å². The third kappa shape index (κ3) is 3.74. The number of alkyl halides is 3. The molecule has 0 spiro atoms. The summed E-state index contributed by atoms with van der Waals surface area (Å²) in [6.07, 6.45) is -4.49. The van der Waals surface area contributed by atoms with Crippen molar-refractivity contribution in [3.05, 3.63) is 35.4 Å². The quantitative estimate of drug-likeness (QED) is 0.854. The van der Waals surface area contributed by atoms with Gasteiger partial charge >= 0.3 is 12.1 Å². The van der Waals surface area contributed by atoms with Gasteiger partial charge in [-0.1, -0.05) is 24.3 Å². The van der Waals surface area contributed by atoms with E-state index in [0.29, 0.717) is 15.8 Å². The Hall–Kier alpha value is -3.02. The molecule has 2 N–H and O–H groups in total. The molecule has 132 valence electrons. The fourth-order valence-electron chi connectivity index (χ4n) is 2.21. The monoisotopic (exact) mass is 352 g/mol. The van der Waals surface area contributed by atoms with Crippen LogP contribution in [0.25, 0.3) is 11.3 Å². The third-order valence-corrected chi connectivity index (χ3v) is 3.70. The summed E-state index contributed by atoms with van der Waals surface area (Å²) in [6.45, 7) is 0.910. The van der Waals surface area contributed by atoms with Crippen LogP contribution in [0.15, 0.2) is 24.3 Å². The molecule has 25 heavy (non-hydrogen) atoms. The molecule has 0 aliphatic rings. The van der Waals surface area contributed by atoms with E-state index in [0.717, 1.165) is 6.92 Å². The Balaban J connectivity index is 2.43. The summed E-state index contributed by atoms with van der Waals surface area (Å²) >= 11 is 0. The lowest BCUT2D eigenvalue weighted by molar-refractivity contribution is -0.164. The minimum atomic E-state index is -4.55. The number of ether oxygens (including phenoxy) is 1. The average molecular weight is 352 g/mol. The number of carbonyl (C=O) groups is 1. The molecule has 0 amide bonds. The van der Waals surface area contributed by atoms with Crippen molar-refractivity contribution < 1.29 is 22.7 Å². The summed E-state index contributed by atoms with van der Waals surface area (Å²) < 4.78 is 43.9. The molecule has 1 heterocycles. The molecule has 2 rings (SSSR count). The van der Waals surface area contributed by atoms with Gasteiger partial charge in [-0.25, -0.2) is 4.68 Å². The second kappa shape index (κ2) is 6.84. The predicted molar refractivity (Wildman–Crippen MR) is 83.3 cm³/mol. The third-order valence-electron chi connectivity index (χ3n) is 3.70. The SMILES string of the molecule is COC(=O)Cc1ccc(-c2nn(C(C)C(F)(F)F)c(N)c2C#N)cc1. The standard InChI is InChI=1S/C16H15F3N4O2/c1-9(16(17,18)19)23-15(21)12(8-20)14(22-23)11-5-3-10(4-6-11)7-13(24)25-2/h3-6,9H,7,21H2,1-2H3. The first-order valence-electron chi connectivity index (χ1n) is 7.20. The Morgan fingerprint density at radius 2 is 2.00 bits per heavy atom. The van der Waals surface area contributed by atoms with Crippen molar-refractivity contribution >= 4 is 11.8 Å². The molecule has 0 radical (unpaired) electrons. The van der Waals surface area contributed by atoms with E-state index in [1.54, 1.807) is 30.3 Å². The molecule has 1 aromatic carbocycles. The molecular weight excluding hydrogens is 337 g/mol. The fourth-order valence-corrected chi connectivity index (χ4v) is 2.21. The Bertz CT molecular complexity index is 820. The van der Waals surface area contributed by atoms with Crippen LogP contribution < -0.4 is 5.73 Å². The summed E-state index contributed by atoms with van der Waals surface area (Å²) in [5.41, 5.74) is 6.69. The number of hydrogen-bond acceptors (Lipinski definition) is 5. The van der Waals surface area contributed by atoms with Gasteiger partial charge < -0.3 is 10.5 Å². The average Bonchev–Trinajstić information content (AvgIpc) is 2.90. The number of benzene rings is 1. The number of anilines is 1. The molecule has 0 fully saturated rings. The second-order valence-electron chi connectivity index (χ2n) is 5.33. The molecule has 1 aromatic heterocycles. The number of hydrogen-bond donors (Lipinski definition) is 1. The van der Waals surface area contributed by atoms with E-state index in [4.69, 9.17) is 5.73 Å². The first-order chi connectivity index (χ1) is 11.7. The van der Waals surface area contributed by atoms with E-state index >= 15 is 0 Å². The number of aromatic nitrogens is 2. The minimum Gasteiger partial charge on any atom is -0.469 e. The van der Waals surface area contributed by atoms with E-state index < -0.39 is 18.2 Å². The number of nitrogen functional groups attached to an aromatic ring is 1. The van der Waals surface area contributed by atoms with Crippen LogP contribution in [0, 0.1) is 11.3 Å². The molecule has 1 atom stereocenters. The first kappa shape index (κ1) is 18.3. The zero-order valence-electron chi connectivity index (χ0n) is 13.5. The van der Waals surface area contributed by atoms with Gasteiger partial charge in [-0.15, -0.1) is 0 Å². The van der Waals surface area contributed by atoms with E-state index in [2.05, 4.69) is 9.84 Å². The maximum absolute atomic E-state index is 12.9. The Morgan fingerprint density at radius 3 is 2.48 bits per heavy atom. The van der Waals surface area contributed by atoms with Gasteiger partial charge in [0.2, 0.25) is 0 Å². The number of esters is 1.